The topological polar surface area (TPSA) is 89.4 Å². The van der Waals surface area contributed by atoms with E-state index in [1.807, 2.05) is 0 Å². The monoisotopic (exact) mass is 446 g/mol. The minimum atomic E-state index is -4.51. The number of alkyl halides is 3. The van der Waals surface area contributed by atoms with Crippen LogP contribution in [0.3, 0.4) is 0 Å². The Labute approximate surface area is 179 Å². The van der Waals surface area contributed by atoms with Crippen molar-refractivity contribution < 1.29 is 22.4 Å². The average Bonchev–Trinajstić information content (AvgIpc) is 3.24. The molecule has 0 fully saturated rings. The molecule has 4 rings (SSSR count). The largest absolute Gasteiger partial charge is 0.417 e. The van der Waals surface area contributed by atoms with Crippen molar-refractivity contribution >= 4 is 28.3 Å². The minimum Gasteiger partial charge on any atom is -0.382 e. The minimum absolute atomic E-state index is 0.172. The van der Waals surface area contributed by atoms with E-state index in [4.69, 9.17) is 5.73 Å². The van der Waals surface area contributed by atoms with Crippen LogP contribution >= 0.6 is 0 Å². The quantitative estimate of drug-likeness (QED) is 0.474. The lowest BCUT2D eigenvalue weighted by Gasteiger charge is -2.28. The van der Waals surface area contributed by atoms with Gasteiger partial charge >= 0.3 is 6.18 Å². The Morgan fingerprint density at radius 1 is 1.22 bits per heavy atom. The SMILES string of the molecule is CCN(C(=O)c1cc2c(cc1F)nc(N)c1cncn12)[C@H](C)c1ccc(C(F)(F)F)cn1. The molecule has 0 unspecified atom stereocenters. The van der Waals surface area contributed by atoms with E-state index >= 15 is 0 Å². The summed E-state index contributed by atoms with van der Waals surface area (Å²) >= 11 is 0. The maximum absolute atomic E-state index is 14.9. The van der Waals surface area contributed by atoms with Gasteiger partial charge in [0.25, 0.3) is 5.91 Å². The van der Waals surface area contributed by atoms with Crippen molar-refractivity contribution in [3.63, 3.8) is 0 Å². The highest BCUT2D eigenvalue weighted by atomic mass is 19.4. The lowest BCUT2D eigenvalue weighted by Crippen LogP contribution is -2.34. The molecule has 3 aromatic heterocycles. The molecule has 1 amide bonds. The lowest BCUT2D eigenvalue weighted by molar-refractivity contribution is -0.137. The van der Waals surface area contributed by atoms with Gasteiger partial charge in [0.05, 0.1) is 46.4 Å². The predicted molar refractivity (Wildman–Crippen MR) is 109 cm³/mol. The summed E-state index contributed by atoms with van der Waals surface area (Å²) in [5.74, 6) is -1.25. The van der Waals surface area contributed by atoms with E-state index in [9.17, 15) is 22.4 Å². The molecule has 0 spiro atoms. The Morgan fingerprint density at radius 2 is 1.97 bits per heavy atom. The third kappa shape index (κ3) is 3.59. The summed E-state index contributed by atoms with van der Waals surface area (Å²) in [6.45, 7) is 3.49. The number of fused-ring (bicyclic) bond motifs is 3. The van der Waals surface area contributed by atoms with Crippen molar-refractivity contribution in [2.45, 2.75) is 26.1 Å². The zero-order valence-electron chi connectivity index (χ0n) is 17.1. The average molecular weight is 446 g/mol. The van der Waals surface area contributed by atoms with Crippen molar-refractivity contribution in [3.8, 4) is 0 Å². The van der Waals surface area contributed by atoms with Crippen LogP contribution in [0, 0.1) is 5.82 Å². The number of benzene rings is 1. The molecule has 0 bridgehead atoms. The fourth-order valence-corrected chi connectivity index (χ4v) is 3.59. The van der Waals surface area contributed by atoms with Crippen LogP contribution in [0.4, 0.5) is 23.4 Å². The smallest absolute Gasteiger partial charge is 0.382 e. The highest BCUT2D eigenvalue weighted by Crippen LogP contribution is 2.30. The van der Waals surface area contributed by atoms with Crippen molar-refractivity contribution in [2.75, 3.05) is 12.3 Å². The molecule has 11 heteroatoms. The van der Waals surface area contributed by atoms with Gasteiger partial charge in [0.1, 0.15) is 17.2 Å². The number of halogens is 4. The molecule has 0 saturated heterocycles. The van der Waals surface area contributed by atoms with Gasteiger partial charge in [-0.3, -0.25) is 14.2 Å². The highest BCUT2D eigenvalue weighted by molar-refractivity contribution is 5.98. The number of nitrogen functional groups attached to an aromatic ring is 1. The van der Waals surface area contributed by atoms with Crippen LogP contribution in [0.5, 0.6) is 0 Å². The first-order valence-corrected chi connectivity index (χ1v) is 9.66. The molecule has 0 aliphatic rings. The van der Waals surface area contributed by atoms with Gasteiger partial charge in [0, 0.05) is 18.8 Å². The van der Waals surface area contributed by atoms with E-state index in [-0.39, 0.29) is 29.1 Å². The first-order valence-electron chi connectivity index (χ1n) is 9.66. The molecule has 0 saturated carbocycles. The Kier molecular flexibility index (Phi) is 5.19. The zero-order valence-corrected chi connectivity index (χ0v) is 17.1. The number of imidazole rings is 1. The maximum Gasteiger partial charge on any atom is 0.417 e. The summed E-state index contributed by atoms with van der Waals surface area (Å²) in [6, 6.07) is 3.90. The molecule has 166 valence electrons. The van der Waals surface area contributed by atoms with Gasteiger partial charge in [0.15, 0.2) is 0 Å². The standard InChI is InChI=1S/C21H18F4N6O/c1-3-30(11(2)15-5-4-12(8-28-15)21(23,24)25)20(32)13-6-17-16(7-14(13)22)29-19(26)18-9-27-10-31(17)18/h4-11H,3H2,1-2H3,(H2,26,29)/t11-/m1/s1. The van der Waals surface area contributed by atoms with Crippen LogP contribution in [0.1, 0.15) is 41.5 Å². The van der Waals surface area contributed by atoms with E-state index in [1.165, 1.54) is 29.6 Å². The molecule has 2 N–H and O–H groups in total. The molecular weight excluding hydrogens is 428 g/mol. The van der Waals surface area contributed by atoms with Crippen molar-refractivity contribution in [1.82, 2.24) is 24.3 Å². The molecule has 1 aromatic carbocycles. The summed E-state index contributed by atoms with van der Waals surface area (Å²) < 4.78 is 54.9. The number of hydrogen-bond donors (Lipinski definition) is 1. The molecule has 0 radical (unpaired) electrons. The molecule has 0 aliphatic carbocycles. The number of nitrogens with zero attached hydrogens (tertiary/aromatic N) is 5. The number of rotatable bonds is 4. The van der Waals surface area contributed by atoms with Crippen LogP contribution in [0.25, 0.3) is 16.6 Å². The van der Waals surface area contributed by atoms with Gasteiger partial charge in [-0.25, -0.2) is 14.4 Å². The molecule has 1 atom stereocenters. The number of nitrogens with two attached hydrogens (primary N) is 1. The number of carbonyl (C=O) groups excluding carboxylic acids is 1. The van der Waals surface area contributed by atoms with Gasteiger partial charge < -0.3 is 10.6 Å². The summed E-state index contributed by atoms with van der Waals surface area (Å²) in [5.41, 5.74) is 6.23. The van der Waals surface area contributed by atoms with E-state index in [2.05, 4.69) is 15.0 Å². The molecular formula is C21H18F4N6O. The summed E-state index contributed by atoms with van der Waals surface area (Å²) in [5, 5.41) is 0. The van der Waals surface area contributed by atoms with Crippen LogP contribution in [0.2, 0.25) is 0 Å². The third-order valence-corrected chi connectivity index (χ3v) is 5.31. The van der Waals surface area contributed by atoms with Gasteiger partial charge in [-0.15, -0.1) is 0 Å². The Morgan fingerprint density at radius 3 is 2.59 bits per heavy atom. The summed E-state index contributed by atoms with van der Waals surface area (Å²) in [6.07, 6.45) is -0.816. The predicted octanol–water partition coefficient (Wildman–Crippen LogP) is 4.24. The number of aromatic nitrogens is 4. The molecule has 32 heavy (non-hydrogen) atoms. The van der Waals surface area contributed by atoms with E-state index in [0.717, 1.165) is 12.1 Å². The first kappa shape index (κ1) is 21.5. The third-order valence-electron chi connectivity index (χ3n) is 5.31. The second kappa shape index (κ2) is 7.74. The van der Waals surface area contributed by atoms with Gasteiger partial charge in [-0.2, -0.15) is 13.2 Å². The van der Waals surface area contributed by atoms with Gasteiger partial charge in [0.2, 0.25) is 0 Å². The Hall–Kier alpha value is -3.76. The van der Waals surface area contributed by atoms with E-state index < -0.39 is 29.5 Å². The zero-order chi connectivity index (χ0) is 23.2. The Bertz CT molecular complexity index is 1320. The van der Waals surface area contributed by atoms with Crippen molar-refractivity contribution in [1.29, 1.82) is 0 Å². The molecule has 0 aliphatic heterocycles. The Balaban J connectivity index is 1.73. The van der Waals surface area contributed by atoms with Crippen LogP contribution in [-0.2, 0) is 6.18 Å². The number of carbonyl (C=O) groups is 1. The van der Waals surface area contributed by atoms with Crippen LogP contribution < -0.4 is 5.73 Å². The van der Waals surface area contributed by atoms with Crippen molar-refractivity contribution in [3.05, 3.63) is 65.6 Å². The van der Waals surface area contributed by atoms with Gasteiger partial charge in [-0.05, 0) is 32.0 Å². The highest BCUT2D eigenvalue weighted by Gasteiger charge is 2.31. The maximum atomic E-state index is 14.9. The molecule has 3 heterocycles. The molecule has 7 nitrogen and oxygen atoms in total. The van der Waals surface area contributed by atoms with E-state index in [0.29, 0.717) is 17.2 Å². The fraction of sp³-hybridized carbons (Fsp3) is 0.238. The summed E-state index contributed by atoms with van der Waals surface area (Å²) in [4.78, 5) is 26.6. The lowest BCUT2D eigenvalue weighted by atomic mass is 10.1. The van der Waals surface area contributed by atoms with Crippen LogP contribution in [0.15, 0.2) is 43.0 Å². The number of anilines is 1. The van der Waals surface area contributed by atoms with Gasteiger partial charge in [-0.1, -0.05) is 0 Å². The number of amides is 1. The first-order chi connectivity index (χ1) is 15.1. The second-order valence-electron chi connectivity index (χ2n) is 7.20. The summed E-state index contributed by atoms with van der Waals surface area (Å²) in [7, 11) is 0. The van der Waals surface area contributed by atoms with Crippen LogP contribution in [-0.4, -0.2) is 36.7 Å². The van der Waals surface area contributed by atoms with Crippen molar-refractivity contribution in [2.24, 2.45) is 0 Å². The number of hydrogen-bond acceptors (Lipinski definition) is 5. The van der Waals surface area contributed by atoms with E-state index in [1.54, 1.807) is 18.2 Å². The molecule has 4 aromatic rings. The number of pyridine rings is 1. The second-order valence-corrected chi connectivity index (χ2v) is 7.20. The normalized spacial score (nSPS) is 12.9. The fourth-order valence-electron chi connectivity index (χ4n) is 3.59.